The molecule has 1 aromatic rings. The highest BCUT2D eigenvalue weighted by Crippen LogP contribution is 2.26. The predicted octanol–water partition coefficient (Wildman–Crippen LogP) is 1.45. The van der Waals surface area contributed by atoms with Crippen LogP contribution in [0.25, 0.3) is 0 Å². The van der Waals surface area contributed by atoms with E-state index < -0.39 is 29.7 Å². The normalized spacial score (nSPS) is 14.0. The van der Waals surface area contributed by atoms with Crippen molar-refractivity contribution in [2.75, 3.05) is 6.79 Å². The second-order valence-corrected chi connectivity index (χ2v) is 6.65. The van der Waals surface area contributed by atoms with Gasteiger partial charge < -0.3 is 25.4 Å². The Bertz CT molecular complexity index is 589. The third kappa shape index (κ3) is 5.45. The molecule has 1 aromatic carbocycles. The topological polar surface area (TPSA) is 119 Å². The fourth-order valence-electron chi connectivity index (χ4n) is 1.69. The highest BCUT2D eigenvalue weighted by molar-refractivity contribution is 5.81. The predicted molar refractivity (Wildman–Crippen MR) is 82.6 cm³/mol. The molecular weight excluding hydrogens is 302 g/mol. The Kier molecular flexibility index (Phi) is 5.60. The number of aromatic hydroxyl groups is 2. The van der Waals surface area contributed by atoms with Crippen LogP contribution in [-0.2, 0) is 25.5 Å². The van der Waals surface area contributed by atoms with Crippen molar-refractivity contribution in [2.24, 2.45) is 11.1 Å². The summed E-state index contributed by atoms with van der Waals surface area (Å²) >= 11 is 0. The molecule has 0 spiro atoms. The number of hydrogen-bond acceptors (Lipinski definition) is 7. The van der Waals surface area contributed by atoms with Crippen LogP contribution in [0, 0.1) is 5.41 Å². The molecule has 0 amide bonds. The minimum Gasteiger partial charge on any atom is -0.504 e. The summed E-state index contributed by atoms with van der Waals surface area (Å²) in [6.07, 6.45) is 0.0763. The van der Waals surface area contributed by atoms with Crippen LogP contribution >= 0.6 is 0 Å². The molecule has 0 bridgehead atoms. The number of benzene rings is 1. The molecule has 1 rings (SSSR count). The van der Waals surface area contributed by atoms with Gasteiger partial charge in [0.1, 0.15) is 5.54 Å². The van der Waals surface area contributed by atoms with Gasteiger partial charge in [0.15, 0.2) is 11.5 Å². The molecule has 0 aliphatic rings. The zero-order chi connectivity index (χ0) is 17.8. The Morgan fingerprint density at radius 2 is 1.61 bits per heavy atom. The highest BCUT2D eigenvalue weighted by Gasteiger charge is 2.31. The molecule has 0 aromatic heterocycles. The summed E-state index contributed by atoms with van der Waals surface area (Å²) in [6.45, 7) is 6.00. The maximum atomic E-state index is 12.0. The number of rotatable bonds is 5. The number of hydrogen-bond donors (Lipinski definition) is 3. The molecule has 0 aliphatic carbocycles. The molecule has 1 unspecified atom stereocenters. The molecule has 7 heteroatoms. The van der Waals surface area contributed by atoms with E-state index in [0.717, 1.165) is 0 Å². The molecule has 1 atom stereocenters. The minimum atomic E-state index is -1.38. The van der Waals surface area contributed by atoms with Crippen molar-refractivity contribution in [3.63, 3.8) is 0 Å². The van der Waals surface area contributed by atoms with Gasteiger partial charge in [0.25, 0.3) is 0 Å². The summed E-state index contributed by atoms with van der Waals surface area (Å²) in [5, 5.41) is 18.7. The molecule has 0 radical (unpaired) electrons. The third-order valence-corrected chi connectivity index (χ3v) is 3.07. The van der Waals surface area contributed by atoms with E-state index in [9.17, 15) is 19.8 Å². The van der Waals surface area contributed by atoms with E-state index in [2.05, 4.69) is 0 Å². The maximum absolute atomic E-state index is 12.0. The molecule has 0 aliphatic heterocycles. The summed E-state index contributed by atoms with van der Waals surface area (Å²) in [4.78, 5) is 23.6. The van der Waals surface area contributed by atoms with Crippen molar-refractivity contribution >= 4 is 11.9 Å². The van der Waals surface area contributed by atoms with Gasteiger partial charge in [-0.05, 0) is 45.4 Å². The lowest BCUT2D eigenvalue weighted by atomic mass is 9.94. The van der Waals surface area contributed by atoms with Gasteiger partial charge in [-0.1, -0.05) is 6.07 Å². The molecule has 23 heavy (non-hydrogen) atoms. The molecule has 0 saturated heterocycles. The van der Waals surface area contributed by atoms with E-state index in [-0.39, 0.29) is 17.9 Å². The first-order valence-corrected chi connectivity index (χ1v) is 7.07. The van der Waals surface area contributed by atoms with Crippen LogP contribution in [0.15, 0.2) is 18.2 Å². The van der Waals surface area contributed by atoms with Crippen molar-refractivity contribution in [1.29, 1.82) is 0 Å². The Balaban J connectivity index is 2.60. The number of ether oxygens (including phenoxy) is 2. The first kappa shape index (κ1) is 18.8. The van der Waals surface area contributed by atoms with Gasteiger partial charge in [-0.25, -0.2) is 4.79 Å². The third-order valence-electron chi connectivity index (χ3n) is 3.07. The van der Waals surface area contributed by atoms with Crippen LogP contribution in [0.2, 0.25) is 0 Å². The minimum absolute atomic E-state index is 0.0763. The van der Waals surface area contributed by atoms with Crippen molar-refractivity contribution in [1.82, 2.24) is 0 Å². The zero-order valence-electron chi connectivity index (χ0n) is 13.8. The van der Waals surface area contributed by atoms with Crippen molar-refractivity contribution in [3.05, 3.63) is 23.8 Å². The lowest BCUT2D eigenvalue weighted by Gasteiger charge is -2.23. The van der Waals surface area contributed by atoms with Crippen molar-refractivity contribution in [2.45, 2.75) is 39.7 Å². The molecule has 0 saturated carbocycles. The van der Waals surface area contributed by atoms with Gasteiger partial charge in [0.2, 0.25) is 6.79 Å². The highest BCUT2D eigenvalue weighted by atomic mass is 16.7. The van der Waals surface area contributed by atoms with Gasteiger partial charge in [0, 0.05) is 6.42 Å². The second-order valence-electron chi connectivity index (χ2n) is 6.65. The summed E-state index contributed by atoms with van der Waals surface area (Å²) in [5.74, 6) is -1.80. The van der Waals surface area contributed by atoms with Gasteiger partial charge in [-0.2, -0.15) is 0 Å². The van der Waals surface area contributed by atoms with Crippen LogP contribution in [0.4, 0.5) is 0 Å². The fraction of sp³-hybridized carbons (Fsp3) is 0.500. The molecule has 7 nitrogen and oxygen atoms in total. The largest absolute Gasteiger partial charge is 0.504 e. The van der Waals surface area contributed by atoms with E-state index in [1.165, 1.54) is 25.1 Å². The number of esters is 2. The number of nitrogens with two attached hydrogens (primary N) is 1. The van der Waals surface area contributed by atoms with Gasteiger partial charge in [-0.3, -0.25) is 4.79 Å². The standard InChI is InChI=1S/C16H23NO6/c1-15(2,3)13(20)22-9-23-14(21)16(4,17)8-10-5-6-11(18)12(19)7-10/h5-7,18-19H,8-9,17H2,1-4H3. The van der Waals surface area contributed by atoms with Gasteiger partial charge >= 0.3 is 11.9 Å². The van der Waals surface area contributed by atoms with Crippen LogP contribution in [-0.4, -0.2) is 34.5 Å². The first-order chi connectivity index (χ1) is 10.4. The Hall–Kier alpha value is -2.28. The van der Waals surface area contributed by atoms with E-state index in [1.807, 2.05) is 0 Å². The van der Waals surface area contributed by atoms with E-state index in [4.69, 9.17) is 15.2 Å². The quantitative estimate of drug-likeness (QED) is 0.426. The van der Waals surface area contributed by atoms with Gasteiger partial charge in [0.05, 0.1) is 5.41 Å². The summed E-state index contributed by atoms with van der Waals surface area (Å²) in [6, 6.07) is 4.15. The van der Waals surface area contributed by atoms with Crippen LogP contribution in [0.5, 0.6) is 11.5 Å². The van der Waals surface area contributed by atoms with E-state index >= 15 is 0 Å². The maximum Gasteiger partial charge on any atom is 0.329 e. The zero-order valence-corrected chi connectivity index (χ0v) is 13.8. The van der Waals surface area contributed by atoms with Gasteiger partial charge in [-0.15, -0.1) is 0 Å². The molecular formula is C16H23NO6. The second kappa shape index (κ2) is 6.87. The van der Waals surface area contributed by atoms with E-state index in [1.54, 1.807) is 20.8 Å². The first-order valence-electron chi connectivity index (χ1n) is 7.07. The summed E-state index contributed by atoms with van der Waals surface area (Å²) < 4.78 is 9.73. The number of phenolic OH excluding ortho intramolecular Hbond substituents is 2. The van der Waals surface area contributed by atoms with E-state index in [0.29, 0.717) is 5.56 Å². The Labute approximate surface area is 135 Å². The van der Waals surface area contributed by atoms with Crippen LogP contribution in [0.3, 0.4) is 0 Å². The monoisotopic (exact) mass is 325 g/mol. The SMILES string of the molecule is CC(C)(C)C(=O)OCOC(=O)C(C)(N)Cc1ccc(O)c(O)c1. The Morgan fingerprint density at radius 1 is 1.04 bits per heavy atom. The summed E-state index contributed by atoms with van der Waals surface area (Å²) in [5.41, 5.74) is 4.40. The molecule has 0 fully saturated rings. The number of carbonyl (C=O) groups excluding carboxylic acids is 2. The van der Waals surface area contributed by atoms with Crippen LogP contribution in [0.1, 0.15) is 33.3 Å². The molecule has 4 N–H and O–H groups in total. The summed E-state index contributed by atoms with van der Waals surface area (Å²) in [7, 11) is 0. The molecule has 0 heterocycles. The average Bonchev–Trinajstić information content (AvgIpc) is 2.41. The van der Waals surface area contributed by atoms with Crippen LogP contribution < -0.4 is 5.73 Å². The lowest BCUT2D eigenvalue weighted by molar-refractivity contribution is -0.176. The Morgan fingerprint density at radius 3 is 2.13 bits per heavy atom. The average molecular weight is 325 g/mol. The smallest absolute Gasteiger partial charge is 0.329 e. The number of carbonyl (C=O) groups is 2. The fourth-order valence-corrected chi connectivity index (χ4v) is 1.69. The van der Waals surface area contributed by atoms with Crippen molar-refractivity contribution < 1.29 is 29.3 Å². The lowest BCUT2D eigenvalue weighted by Crippen LogP contribution is -2.48. The number of phenols is 2. The van der Waals surface area contributed by atoms with Crippen molar-refractivity contribution in [3.8, 4) is 11.5 Å². The molecule has 128 valence electrons.